The normalized spacial score (nSPS) is 25.9. The summed E-state index contributed by atoms with van der Waals surface area (Å²) in [4.78, 5) is 17.5. The monoisotopic (exact) mass is 409 g/mol. The second-order valence-electron chi connectivity index (χ2n) is 7.43. The van der Waals surface area contributed by atoms with Gasteiger partial charge >= 0.3 is 0 Å². The number of ether oxygens (including phenoxy) is 2. The number of likely N-dealkylation sites (N-methyl/N-ethyl adjacent to an activating group) is 1. The molecule has 9 heteroatoms. The number of fused-ring (bicyclic) bond motifs is 2. The topological polar surface area (TPSA) is 79.4 Å². The number of benzene rings is 1. The maximum absolute atomic E-state index is 13.2. The lowest BCUT2D eigenvalue weighted by Gasteiger charge is -2.48. The second kappa shape index (κ2) is 7.29. The number of hydrogen-bond acceptors (Lipinski definition) is 6. The lowest BCUT2D eigenvalue weighted by atomic mass is 9.97. The van der Waals surface area contributed by atoms with Crippen molar-refractivity contribution < 1.29 is 22.7 Å². The molecular weight excluding hydrogens is 382 g/mol. The molecule has 3 saturated heterocycles. The summed E-state index contributed by atoms with van der Waals surface area (Å²) in [5.74, 6) is 0.518. The van der Waals surface area contributed by atoms with Gasteiger partial charge in [-0.1, -0.05) is 6.07 Å². The summed E-state index contributed by atoms with van der Waals surface area (Å²) in [6, 6.07) is 6.03. The molecule has 1 amide bonds. The molecule has 28 heavy (non-hydrogen) atoms. The number of rotatable bonds is 4. The third-order valence-electron chi connectivity index (χ3n) is 6.22. The van der Waals surface area contributed by atoms with Crippen molar-refractivity contribution in [2.45, 2.75) is 36.4 Å². The Bertz CT molecular complexity index is 853. The van der Waals surface area contributed by atoms with Crippen LogP contribution in [0.2, 0.25) is 0 Å². The van der Waals surface area contributed by atoms with E-state index in [9.17, 15) is 13.2 Å². The smallest absolute Gasteiger partial charge is 0.243 e. The zero-order valence-corrected chi connectivity index (χ0v) is 17.2. The molecular formula is C19H27N3O5S. The SMILES string of the molecule is CCN1C(=O)[C@H]2CN(S(=O)(=O)c3cccc(OC)c3)CCN2C12CCOCC2. The molecule has 8 nitrogen and oxygen atoms in total. The van der Waals surface area contributed by atoms with Crippen molar-refractivity contribution in [3.63, 3.8) is 0 Å². The van der Waals surface area contributed by atoms with Crippen LogP contribution < -0.4 is 4.74 Å². The van der Waals surface area contributed by atoms with E-state index in [-0.39, 0.29) is 23.0 Å². The van der Waals surface area contributed by atoms with E-state index in [1.807, 2.05) is 11.8 Å². The summed E-state index contributed by atoms with van der Waals surface area (Å²) >= 11 is 0. The average Bonchev–Trinajstić information content (AvgIpc) is 2.95. The first-order valence-corrected chi connectivity index (χ1v) is 11.2. The van der Waals surface area contributed by atoms with E-state index in [2.05, 4.69) is 4.90 Å². The maximum Gasteiger partial charge on any atom is 0.243 e. The summed E-state index contributed by atoms with van der Waals surface area (Å²) in [7, 11) is -2.18. The number of methoxy groups -OCH3 is 1. The van der Waals surface area contributed by atoms with E-state index in [1.54, 1.807) is 18.2 Å². The van der Waals surface area contributed by atoms with E-state index in [0.29, 0.717) is 38.6 Å². The highest BCUT2D eigenvalue weighted by Gasteiger charge is 2.58. The molecule has 3 aliphatic rings. The summed E-state index contributed by atoms with van der Waals surface area (Å²) in [6.07, 6.45) is 1.54. The minimum absolute atomic E-state index is 0.0231. The molecule has 1 spiro atoms. The van der Waals surface area contributed by atoms with E-state index in [0.717, 1.165) is 12.8 Å². The van der Waals surface area contributed by atoms with Gasteiger partial charge in [-0.05, 0) is 19.1 Å². The van der Waals surface area contributed by atoms with Crippen LogP contribution in [-0.2, 0) is 19.6 Å². The van der Waals surface area contributed by atoms with Crippen LogP contribution in [0.3, 0.4) is 0 Å². The molecule has 0 bridgehead atoms. The first kappa shape index (κ1) is 19.6. The lowest BCUT2D eigenvalue weighted by Crippen LogP contribution is -2.62. The van der Waals surface area contributed by atoms with Gasteiger partial charge in [0.2, 0.25) is 15.9 Å². The van der Waals surface area contributed by atoms with Crippen molar-refractivity contribution in [3.8, 4) is 5.75 Å². The number of hydrogen-bond donors (Lipinski definition) is 0. The molecule has 4 rings (SSSR count). The van der Waals surface area contributed by atoms with Crippen LogP contribution in [0.1, 0.15) is 19.8 Å². The number of sulfonamides is 1. The Hall–Kier alpha value is -1.68. The quantitative estimate of drug-likeness (QED) is 0.730. The fraction of sp³-hybridized carbons (Fsp3) is 0.632. The molecule has 1 atom stereocenters. The van der Waals surface area contributed by atoms with E-state index in [4.69, 9.17) is 9.47 Å². The highest BCUT2D eigenvalue weighted by atomic mass is 32.2. The lowest BCUT2D eigenvalue weighted by molar-refractivity contribution is -0.135. The van der Waals surface area contributed by atoms with Gasteiger partial charge in [0.1, 0.15) is 17.5 Å². The number of amides is 1. The van der Waals surface area contributed by atoms with Crippen LogP contribution in [0.15, 0.2) is 29.2 Å². The highest BCUT2D eigenvalue weighted by molar-refractivity contribution is 7.89. The molecule has 0 N–H and O–H groups in total. The van der Waals surface area contributed by atoms with Gasteiger partial charge < -0.3 is 14.4 Å². The zero-order chi connectivity index (χ0) is 19.9. The molecule has 154 valence electrons. The number of carbonyl (C=O) groups excluding carboxylic acids is 1. The Kier molecular flexibility index (Phi) is 5.11. The van der Waals surface area contributed by atoms with Crippen LogP contribution in [0, 0.1) is 0 Å². The number of nitrogens with zero attached hydrogens (tertiary/aromatic N) is 3. The summed E-state index contributed by atoms with van der Waals surface area (Å²) in [5.41, 5.74) is -0.333. The van der Waals surface area contributed by atoms with Gasteiger partial charge in [0.25, 0.3) is 0 Å². The predicted octanol–water partition coefficient (Wildman–Crippen LogP) is 0.739. The first-order valence-electron chi connectivity index (χ1n) is 9.74. The van der Waals surface area contributed by atoms with Crippen LogP contribution >= 0.6 is 0 Å². The third kappa shape index (κ3) is 2.92. The van der Waals surface area contributed by atoms with Crippen molar-refractivity contribution in [2.75, 3.05) is 46.5 Å². The average molecular weight is 410 g/mol. The van der Waals surface area contributed by atoms with Crippen molar-refractivity contribution in [1.82, 2.24) is 14.1 Å². The Morgan fingerprint density at radius 3 is 2.68 bits per heavy atom. The predicted molar refractivity (Wildman–Crippen MR) is 102 cm³/mol. The van der Waals surface area contributed by atoms with Crippen LogP contribution in [-0.4, -0.2) is 86.6 Å². The van der Waals surface area contributed by atoms with Crippen LogP contribution in [0.4, 0.5) is 0 Å². The van der Waals surface area contributed by atoms with Crippen molar-refractivity contribution in [2.24, 2.45) is 0 Å². The van der Waals surface area contributed by atoms with Gasteiger partial charge in [-0.2, -0.15) is 4.31 Å². The summed E-state index contributed by atoms with van der Waals surface area (Å²) in [6.45, 7) is 4.93. The molecule has 0 aromatic heterocycles. The van der Waals surface area contributed by atoms with Crippen molar-refractivity contribution in [3.05, 3.63) is 24.3 Å². The standard InChI is InChI=1S/C19H27N3O5S/c1-3-21-18(23)17-14-20(9-10-22(17)19(21)7-11-27-12-8-19)28(24,25)16-6-4-5-15(13-16)26-2/h4-6,13,17H,3,7-12,14H2,1-2H3/t17-/m1/s1. The maximum atomic E-state index is 13.2. The van der Waals surface area contributed by atoms with Gasteiger partial charge in [-0.15, -0.1) is 0 Å². The molecule has 0 aliphatic carbocycles. The molecule has 0 unspecified atom stereocenters. The third-order valence-corrected chi connectivity index (χ3v) is 8.08. The molecule has 1 aromatic carbocycles. The Morgan fingerprint density at radius 1 is 1.25 bits per heavy atom. The molecule has 3 heterocycles. The molecule has 0 saturated carbocycles. The van der Waals surface area contributed by atoms with E-state index >= 15 is 0 Å². The van der Waals surface area contributed by atoms with Crippen LogP contribution in [0.25, 0.3) is 0 Å². The minimum atomic E-state index is -3.69. The van der Waals surface area contributed by atoms with Gasteiger partial charge in [0.15, 0.2) is 0 Å². The first-order chi connectivity index (χ1) is 13.4. The summed E-state index contributed by atoms with van der Waals surface area (Å²) < 4.78 is 38.5. The van der Waals surface area contributed by atoms with Gasteiger partial charge in [0, 0.05) is 45.1 Å². The number of carbonyl (C=O) groups is 1. The zero-order valence-electron chi connectivity index (χ0n) is 16.3. The van der Waals surface area contributed by atoms with Crippen molar-refractivity contribution in [1.29, 1.82) is 0 Å². The molecule has 3 aliphatic heterocycles. The fourth-order valence-electron chi connectivity index (χ4n) is 4.84. The Morgan fingerprint density at radius 2 is 2.00 bits per heavy atom. The van der Waals surface area contributed by atoms with E-state index in [1.165, 1.54) is 17.5 Å². The fourth-order valence-corrected chi connectivity index (χ4v) is 6.32. The van der Waals surface area contributed by atoms with Gasteiger partial charge in [-0.3, -0.25) is 9.69 Å². The van der Waals surface area contributed by atoms with Crippen LogP contribution in [0.5, 0.6) is 5.75 Å². The Labute approximate surface area is 166 Å². The molecule has 3 fully saturated rings. The highest BCUT2D eigenvalue weighted by Crippen LogP contribution is 2.41. The second-order valence-corrected chi connectivity index (χ2v) is 9.37. The molecule has 1 aromatic rings. The molecule has 0 radical (unpaired) electrons. The Balaban J connectivity index is 1.62. The number of piperazine rings is 1. The van der Waals surface area contributed by atoms with Gasteiger partial charge in [0.05, 0.1) is 25.2 Å². The minimum Gasteiger partial charge on any atom is -0.497 e. The largest absolute Gasteiger partial charge is 0.497 e. The van der Waals surface area contributed by atoms with Crippen molar-refractivity contribution >= 4 is 15.9 Å². The van der Waals surface area contributed by atoms with E-state index < -0.39 is 16.1 Å². The summed E-state index contributed by atoms with van der Waals surface area (Å²) in [5, 5.41) is 0. The van der Waals surface area contributed by atoms with Gasteiger partial charge in [-0.25, -0.2) is 8.42 Å².